The van der Waals surface area contributed by atoms with Crippen LogP contribution in [-0.4, -0.2) is 31.6 Å². The summed E-state index contributed by atoms with van der Waals surface area (Å²) in [6.07, 6.45) is 1.35. The van der Waals surface area contributed by atoms with E-state index in [1.54, 1.807) is 18.4 Å². The van der Waals surface area contributed by atoms with Crippen LogP contribution in [0.4, 0.5) is 11.5 Å². The highest BCUT2D eigenvalue weighted by Crippen LogP contribution is 2.19. The first kappa shape index (κ1) is 22.2. The number of carbonyl (C=O) groups is 1. The Morgan fingerprint density at radius 1 is 1.18 bits per heavy atom. The van der Waals surface area contributed by atoms with E-state index in [9.17, 15) is 19.2 Å². The first-order valence-electron chi connectivity index (χ1n) is 10.3. The highest BCUT2D eigenvalue weighted by Gasteiger charge is 2.23. The van der Waals surface area contributed by atoms with Gasteiger partial charge in [0, 0.05) is 19.5 Å². The minimum absolute atomic E-state index is 0.0538. The Bertz CT molecular complexity index is 1480. The summed E-state index contributed by atoms with van der Waals surface area (Å²) in [6.45, 7) is 2.10. The summed E-state index contributed by atoms with van der Waals surface area (Å²) in [5.74, 6) is -0.502. The molecule has 0 saturated carbocycles. The number of H-pyrrole nitrogens is 1. The number of nitrogen functional groups attached to an aromatic ring is 1. The van der Waals surface area contributed by atoms with Gasteiger partial charge in [0.15, 0.2) is 5.69 Å². The van der Waals surface area contributed by atoms with Gasteiger partial charge in [0.1, 0.15) is 10.6 Å². The first-order chi connectivity index (χ1) is 15.9. The van der Waals surface area contributed by atoms with Gasteiger partial charge in [-0.3, -0.25) is 28.5 Å². The van der Waals surface area contributed by atoms with Crippen LogP contribution in [0.2, 0.25) is 0 Å². The third-order valence-corrected chi connectivity index (χ3v) is 6.12. The number of aromatic amines is 1. The summed E-state index contributed by atoms with van der Waals surface area (Å²) in [4.78, 5) is 59.0. The number of fused-ring (bicyclic) bond motifs is 1. The minimum Gasteiger partial charge on any atom is -0.383 e. The molecule has 3 aromatic heterocycles. The smallest absolute Gasteiger partial charge is 0.330 e. The number of hydrogen-bond donors (Lipinski definition) is 2. The lowest BCUT2D eigenvalue weighted by Gasteiger charge is -2.23. The maximum Gasteiger partial charge on any atom is 0.330 e. The molecule has 1 aromatic carbocycles. The molecule has 0 bridgehead atoms. The second kappa shape index (κ2) is 9.25. The Morgan fingerprint density at radius 3 is 2.67 bits per heavy atom. The molecular formula is C22H22N6O4S. The molecular weight excluding hydrogens is 444 g/mol. The van der Waals surface area contributed by atoms with Crippen LogP contribution in [0.3, 0.4) is 0 Å². The van der Waals surface area contributed by atoms with Gasteiger partial charge in [-0.1, -0.05) is 30.3 Å². The zero-order valence-corrected chi connectivity index (χ0v) is 18.7. The molecule has 0 aliphatic heterocycles. The van der Waals surface area contributed by atoms with Crippen LogP contribution in [-0.2, 0) is 17.9 Å². The van der Waals surface area contributed by atoms with Gasteiger partial charge >= 0.3 is 5.69 Å². The van der Waals surface area contributed by atoms with Crippen molar-refractivity contribution in [3.05, 3.63) is 84.9 Å². The van der Waals surface area contributed by atoms with E-state index in [1.807, 2.05) is 30.3 Å². The van der Waals surface area contributed by atoms with Gasteiger partial charge in [-0.2, -0.15) is 0 Å². The van der Waals surface area contributed by atoms with Crippen molar-refractivity contribution in [2.45, 2.75) is 26.4 Å². The first-order valence-corrected chi connectivity index (χ1v) is 11.2. The van der Waals surface area contributed by atoms with Gasteiger partial charge in [-0.15, -0.1) is 11.3 Å². The largest absolute Gasteiger partial charge is 0.383 e. The fourth-order valence-corrected chi connectivity index (χ4v) is 4.35. The molecule has 33 heavy (non-hydrogen) atoms. The van der Waals surface area contributed by atoms with E-state index in [4.69, 9.17) is 5.73 Å². The summed E-state index contributed by atoms with van der Waals surface area (Å²) in [6, 6.07) is 10.9. The van der Waals surface area contributed by atoms with Crippen molar-refractivity contribution in [1.29, 1.82) is 0 Å². The van der Waals surface area contributed by atoms with Crippen molar-refractivity contribution < 1.29 is 4.79 Å². The van der Waals surface area contributed by atoms with Gasteiger partial charge in [-0.05, 0) is 23.9 Å². The molecule has 0 aliphatic carbocycles. The van der Waals surface area contributed by atoms with E-state index in [0.717, 1.165) is 5.56 Å². The number of nitrogens with one attached hydrogen (secondary N) is 1. The molecule has 170 valence electrons. The van der Waals surface area contributed by atoms with Crippen molar-refractivity contribution in [1.82, 2.24) is 19.1 Å². The van der Waals surface area contributed by atoms with Crippen molar-refractivity contribution in [3.63, 3.8) is 0 Å². The molecule has 0 saturated heterocycles. The molecule has 0 radical (unpaired) electrons. The zero-order valence-electron chi connectivity index (χ0n) is 17.9. The molecule has 0 atom stereocenters. The lowest BCUT2D eigenvalue weighted by Crippen LogP contribution is -2.41. The SMILES string of the molecule is CCN(C(=O)CCn1cnc2sccc2c1=O)c1c(N)n(Cc2ccccc2)c(=O)[nH]c1=O. The highest BCUT2D eigenvalue weighted by molar-refractivity contribution is 7.16. The van der Waals surface area contributed by atoms with Crippen LogP contribution < -0.4 is 27.4 Å². The van der Waals surface area contributed by atoms with E-state index >= 15 is 0 Å². The van der Waals surface area contributed by atoms with E-state index in [2.05, 4.69) is 9.97 Å². The predicted octanol–water partition coefficient (Wildman–Crippen LogP) is 1.38. The lowest BCUT2D eigenvalue weighted by molar-refractivity contribution is -0.118. The van der Waals surface area contributed by atoms with Crippen molar-refractivity contribution in [2.75, 3.05) is 17.2 Å². The summed E-state index contributed by atoms with van der Waals surface area (Å²) < 4.78 is 2.59. The number of carbonyl (C=O) groups excluding carboxylic acids is 1. The van der Waals surface area contributed by atoms with E-state index < -0.39 is 17.2 Å². The third kappa shape index (κ3) is 4.35. The summed E-state index contributed by atoms with van der Waals surface area (Å²) in [5.41, 5.74) is 5.31. The molecule has 3 heterocycles. The second-order valence-electron chi connectivity index (χ2n) is 7.34. The molecule has 4 rings (SSSR count). The molecule has 10 nitrogen and oxygen atoms in total. The fraction of sp³-hybridized carbons (Fsp3) is 0.227. The Morgan fingerprint density at radius 2 is 1.94 bits per heavy atom. The number of aryl methyl sites for hydroxylation is 1. The van der Waals surface area contributed by atoms with Crippen molar-refractivity contribution >= 4 is 39.0 Å². The number of benzene rings is 1. The zero-order chi connectivity index (χ0) is 23.5. The summed E-state index contributed by atoms with van der Waals surface area (Å²) in [5, 5.41) is 2.28. The van der Waals surface area contributed by atoms with Gasteiger partial charge in [-0.25, -0.2) is 9.78 Å². The van der Waals surface area contributed by atoms with Crippen LogP contribution in [0.25, 0.3) is 10.2 Å². The van der Waals surface area contributed by atoms with Gasteiger partial charge in [0.2, 0.25) is 5.91 Å². The second-order valence-corrected chi connectivity index (χ2v) is 8.23. The maximum atomic E-state index is 13.0. The standard InChI is InChI=1S/C22H22N6O4S/c1-2-27(16(29)8-10-26-13-24-20-15(21(26)31)9-11-33-20)17-18(23)28(22(32)25-19(17)30)12-14-6-4-3-5-7-14/h3-7,9,11,13H,2,8,10,12,23H2,1H3,(H,25,30,32). The highest BCUT2D eigenvalue weighted by atomic mass is 32.1. The van der Waals surface area contributed by atoms with Gasteiger partial charge in [0.25, 0.3) is 11.1 Å². The number of amides is 1. The molecule has 0 aliphatic rings. The normalized spacial score (nSPS) is 11.1. The van der Waals surface area contributed by atoms with E-state index in [-0.39, 0.29) is 43.1 Å². The number of nitrogens with zero attached hydrogens (tertiary/aromatic N) is 4. The lowest BCUT2D eigenvalue weighted by atomic mass is 10.2. The Balaban J connectivity index is 1.62. The van der Waals surface area contributed by atoms with Crippen LogP contribution >= 0.6 is 11.3 Å². The summed E-state index contributed by atoms with van der Waals surface area (Å²) in [7, 11) is 0. The Hall–Kier alpha value is -3.99. The van der Waals surface area contributed by atoms with Crippen molar-refractivity contribution in [3.8, 4) is 0 Å². The third-order valence-electron chi connectivity index (χ3n) is 5.30. The van der Waals surface area contributed by atoms with Crippen LogP contribution in [0.5, 0.6) is 0 Å². The van der Waals surface area contributed by atoms with E-state index in [1.165, 1.54) is 31.7 Å². The summed E-state index contributed by atoms with van der Waals surface area (Å²) >= 11 is 1.37. The molecule has 3 N–H and O–H groups in total. The molecule has 11 heteroatoms. The number of rotatable bonds is 7. The Kier molecular flexibility index (Phi) is 6.22. The van der Waals surface area contributed by atoms with Crippen LogP contribution in [0.15, 0.2) is 62.5 Å². The van der Waals surface area contributed by atoms with Crippen LogP contribution in [0.1, 0.15) is 18.9 Å². The molecule has 0 unspecified atom stereocenters. The predicted molar refractivity (Wildman–Crippen MR) is 128 cm³/mol. The fourth-order valence-electron chi connectivity index (χ4n) is 3.62. The van der Waals surface area contributed by atoms with Gasteiger partial charge < -0.3 is 10.6 Å². The average molecular weight is 467 g/mol. The quantitative estimate of drug-likeness (QED) is 0.422. The number of anilines is 2. The van der Waals surface area contributed by atoms with E-state index in [0.29, 0.717) is 10.2 Å². The topological polar surface area (TPSA) is 136 Å². The number of hydrogen-bond acceptors (Lipinski definition) is 7. The minimum atomic E-state index is -0.740. The number of nitrogens with two attached hydrogens (primary N) is 1. The number of aromatic nitrogens is 4. The van der Waals surface area contributed by atoms with Gasteiger partial charge in [0.05, 0.1) is 18.3 Å². The molecule has 0 fully saturated rings. The number of thiophene rings is 1. The van der Waals surface area contributed by atoms with Crippen molar-refractivity contribution in [2.24, 2.45) is 0 Å². The maximum absolute atomic E-state index is 13.0. The van der Waals surface area contributed by atoms with Crippen LogP contribution in [0, 0.1) is 0 Å². The average Bonchev–Trinajstić information content (AvgIpc) is 3.29. The molecule has 0 spiro atoms. The monoisotopic (exact) mass is 466 g/mol. The molecule has 4 aromatic rings. The Labute approximate surface area is 191 Å². The molecule has 1 amide bonds.